The van der Waals surface area contributed by atoms with Crippen LogP contribution in [0.15, 0.2) is 41.1 Å². The largest absolute Gasteiger partial charge is 0.497 e. The summed E-state index contributed by atoms with van der Waals surface area (Å²) in [4.78, 5) is 13.0. The van der Waals surface area contributed by atoms with Crippen molar-refractivity contribution in [1.29, 1.82) is 0 Å². The summed E-state index contributed by atoms with van der Waals surface area (Å²) in [5, 5.41) is 4.12. The van der Waals surface area contributed by atoms with Crippen LogP contribution in [0.2, 0.25) is 0 Å². The SMILES string of the molecule is COC(=O)C1=CSC(c2ccc(OC)cc2)c2sccc21. The molecular formula is C16H14O3S2. The van der Waals surface area contributed by atoms with Gasteiger partial charge < -0.3 is 9.47 Å². The number of thiophene rings is 1. The van der Waals surface area contributed by atoms with Crippen LogP contribution in [0.3, 0.4) is 0 Å². The highest BCUT2D eigenvalue weighted by Crippen LogP contribution is 2.47. The number of ether oxygens (including phenoxy) is 2. The number of methoxy groups -OCH3 is 2. The molecule has 0 bridgehead atoms. The van der Waals surface area contributed by atoms with Crippen LogP contribution < -0.4 is 4.74 Å². The molecule has 0 radical (unpaired) electrons. The molecule has 0 N–H and O–H groups in total. The van der Waals surface area contributed by atoms with Gasteiger partial charge in [-0.3, -0.25) is 0 Å². The summed E-state index contributed by atoms with van der Waals surface area (Å²) in [5.41, 5.74) is 2.82. The second-order valence-corrected chi connectivity index (χ2v) is 6.44. The van der Waals surface area contributed by atoms with Crippen LogP contribution >= 0.6 is 23.1 Å². The highest BCUT2D eigenvalue weighted by Gasteiger charge is 2.28. The Morgan fingerprint density at radius 1 is 1.14 bits per heavy atom. The molecule has 1 aromatic carbocycles. The van der Waals surface area contributed by atoms with Crippen molar-refractivity contribution in [3.05, 3.63) is 57.1 Å². The van der Waals surface area contributed by atoms with Crippen molar-refractivity contribution < 1.29 is 14.3 Å². The summed E-state index contributed by atoms with van der Waals surface area (Å²) in [6, 6.07) is 10.0. The molecule has 1 aliphatic rings. The Kier molecular flexibility index (Phi) is 4.03. The summed E-state index contributed by atoms with van der Waals surface area (Å²) < 4.78 is 10.1. The number of hydrogen-bond acceptors (Lipinski definition) is 5. The van der Waals surface area contributed by atoms with Gasteiger partial charge in [-0.2, -0.15) is 0 Å². The summed E-state index contributed by atoms with van der Waals surface area (Å²) >= 11 is 3.30. The number of carbonyl (C=O) groups is 1. The highest BCUT2D eigenvalue weighted by atomic mass is 32.2. The molecule has 5 heteroatoms. The van der Waals surface area contributed by atoms with Crippen LogP contribution in [-0.4, -0.2) is 20.2 Å². The first-order chi connectivity index (χ1) is 10.2. The molecule has 3 rings (SSSR count). The molecule has 1 unspecified atom stereocenters. The molecule has 108 valence electrons. The molecule has 0 spiro atoms. The van der Waals surface area contributed by atoms with E-state index in [0.29, 0.717) is 5.57 Å². The Balaban J connectivity index is 1.97. The standard InChI is InChI=1S/C16H14O3S2/c1-18-11-5-3-10(4-6-11)14-15-12(7-8-20-15)13(9-21-14)16(17)19-2/h3-9,14H,1-2H3. The van der Waals surface area contributed by atoms with Crippen molar-refractivity contribution in [2.45, 2.75) is 5.25 Å². The van der Waals surface area contributed by atoms with Crippen LogP contribution in [0.4, 0.5) is 0 Å². The van der Waals surface area contributed by atoms with E-state index in [2.05, 4.69) is 12.1 Å². The highest BCUT2D eigenvalue weighted by molar-refractivity contribution is 8.03. The fraction of sp³-hybridized carbons (Fsp3) is 0.188. The predicted molar refractivity (Wildman–Crippen MR) is 86.7 cm³/mol. The third-order valence-electron chi connectivity index (χ3n) is 3.37. The monoisotopic (exact) mass is 318 g/mol. The van der Waals surface area contributed by atoms with E-state index in [1.54, 1.807) is 30.2 Å². The minimum atomic E-state index is -0.282. The van der Waals surface area contributed by atoms with Crippen LogP contribution in [0.25, 0.3) is 5.57 Å². The number of carbonyl (C=O) groups excluding carboxylic acids is 1. The van der Waals surface area contributed by atoms with E-state index in [1.165, 1.54) is 17.6 Å². The molecule has 0 amide bonds. The Morgan fingerprint density at radius 2 is 1.90 bits per heavy atom. The van der Waals surface area contributed by atoms with Crippen LogP contribution in [0, 0.1) is 0 Å². The van der Waals surface area contributed by atoms with Gasteiger partial charge in [-0.1, -0.05) is 12.1 Å². The molecule has 0 saturated carbocycles. The van der Waals surface area contributed by atoms with E-state index in [1.807, 2.05) is 29.0 Å². The van der Waals surface area contributed by atoms with Crippen molar-refractivity contribution >= 4 is 34.6 Å². The second-order valence-electron chi connectivity index (χ2n) is 4.51. The van der Waals surface area contributed by atoms with Crippen molar-refractivity contribution in [2.75, 3.05) is 14.2 Å². The average molecular weight is 318 g/mol. The normalized spacial score (nSPS) is 16.9. The first-order valence-corrected chi connectivity index (χ1v) is 8.22. The van der Waals surface area contributed by atoms with Crippen LogP contribution in [-0.2, 0) is 9.53 Å². The summed E-state index contributed by atoms with van der Waals surface area (Å²) in [6.07, 6.45) is 0. The maximum Gasteiger partial charge on any atom is 0.339 e. The maximum absolute atomic E-state index is 11.8. The van der Waals surface area contributed by atoms with Crippen molar-refractivity contribution in [1.82, 2.24) is 0 Å². The summed E-state index contributed by atoms with van der Waals surface area (Å²) in [6.45, 7) is 0. The number of fused-ring (bicyclic) bond motifs is 1. The first kappa shape index (κ1) is 14.2. The first-order valence-electron chi connectivity index (χ1n) is 6.40. The average Bonchev–Trinajstić information content (AvgIpc) is 3.03. The molecule has 2 aromatic rings. The Morgan fingerprint density at radius 3 is 2.57 bits per heavy atom. The van der Waals surface area contributed by atoms with Gasteiger partial charge in [0.15, 0.2) is 0 Å². The van der Waals surface area contributed by atoms with Crippen molar-refractivity contribution in [3.8, 4) is 5.75 Å². The minimum Gasteiger partial charge on any atom is -0.497 e. The van der Waals surface area contributed by atoms with Crippen molar-refractivity contribution in [2.24, 2.45) is 0 Å². The lowest BCUT2D eigenvalue weighted by Crippen LogP contribution is -2.09. The van der Waals surface area contributed by atoms with Gasteiger partial charge in [0, 0.05) is 10.4 Å². The number of thioether (sulfide) groups is 1. The molecular weight excluding hydrogens is 304 g/mol. The molecule has 1 aromatic heterocycles. The van der Waals surface area contributed by atoms with E-state index in [-0.39, 0.29) is 11.2 Å². The minimum absolute atomic E-state index is 0.208. The van der Waals surface area contributed by atoms with Crippen molar-refractivity contribution in [3.63, 3.8) is 0 Å². The molecule has 2 heterocycles. The van der Waals surface area contributed by atoms with E-state index >= 15 is 0 Å². The van der Waals surface area contributed by atoms with Gasteiger partial charge in [-0.25, -0.2) is 4.79 Å². The molecule has 1 aliphatic heterocycles. The summed E-state index contributed by atoms with van der Waals surface area (Å²) in [5.74, 6) is 0.562. The molecule has 1 atom stereocenters. The topological polar surface area (TPSA) is 35.5 Å². The molecule has 21 heavy (non-hydrogen) atoms. The van der Waals surface area contributed by atoms with Crippen LogP contribution in [0.1, 0.15) is 21.3 Å². The van der Waals surface area contributed by atoms with Gasteiger partial charge in [0.1, 0.15) is 5.75 Å². The number of benzene rings is 1. The van der Waals surface area contributed by atoms with E-state index < -0.39 is 0 Å². The number of hydrogen-bond donors (Lipinski definition) is 0. The fourth-order valence-electron chi connectivity index (χ4n) is 2.28. The smallest absolute Gasteiger partial charge is 0.339 e. The molecule has 0 aliphatic carbocycles. The van der Waals surface area contributed by atoms with Gasteiger partial charge in [-0.05, 0) is 34.6 Å². The van der Waals surface area contributed by atoms with Gasteiger partial charge in [0.05, 0.1) is 25.0 Å². The molecule has 0 fully saturated rings. The lowest BCUT2D eigenvalue weighted by molar-refractivity contribution is -0.133. The Labute approximate surface area is 131 Å². The number of esters is 1. The fourth-order valence-corrected chi connectivity index (χ4v) is 4.59. The van der Waals surface area contributed by atoms with Gasteiger partial charge in [-0.15, -0.1) is 23.1 Å². The zero-order chi connectivity index (χ0) is 14.8. The van der Waals surface area contributed by atoms with E-state index in [4.69, 9.17) is 9.47 Å². The third kappa shape index (κ3) is 2.59. The number of rotatable bonds is 3. The second kappa shape index (κ2) is 5.95. The lowest BCUT2D eigenvalue weighted by Gasteiger charge is -2.21. The Bertz CT molecular complexity index is 686. The maximum atomic E-state index is 11.8. The third-order valence-corrected chi connectivity index (χ3v) is 5.65. The molecule has 0 saturated heterocycles. The van der Waals surface area contributed by atoms with Gasteiger partial charge in [0.25, 0.3) is 0 Å². The van der Waals surface area contributed by atoms with Crippen LogP contribution in [0.5, 0.6) is 5.75 Å². The van der Waals surface area contributed by atoms with E-state index in [0.717, 1.165) is 11.3 Å². The predicted octanol–water partition coefficient (Wildman–Crippen LogP) is 4.11. The molecule has 3 nitrogen and oxygen atoms in total. The van der Waals surface area contributed by atoms with Gasteiger partial charge in [0.2, 0.25) is 0 Å². The van der Waals surface area contributed by atoms with E-state index in [9.17, 15) is 4.79 Å². The van der Waals surface area contributed by atoms with Gasteiger partial charge >= 0.3 is 5.97 Å². The summed E-state index contributed by atoms with van der Waals surface area (Å²) in [7, 11) is 3.07. The zero-order valence-electron chi connectivity index (χ0n) is 11.7. The lowest BCUT2D eigenvalue weighted by atomic mass is 10.0. The quantitative estimate of drug-likeness (QED) is 0.798. The Hall–Kier alpha value is -1.72. The zero-order valence-corrected chi connectivity index (χ0v) is 13.3.